The SMILES string of the molecule is N#Cc1ccc(-c2ccc(/C=C3\SC(=Nc4ccc(Cl)cc4)NC3=O)o2)cc1. The van der Waals surface area contributed by atoms with Gasteiger partial charge in [-0.15, -0.1) is 0 Å². The zero-order valence-electron chi connectivity index (χ0n) is 14.3. The van der Waals surface area contributed by atoms with Crippen molar-refractivity contribution in [1.29, 1.82) is 5.26 Å². The quantitative estimate of drug-likeness (QED) is 0.594. The van der Waals surface area contributed by atoms with E-state index in [1.54, 1.807) is 48.5 Å². The maximum absolute atomic E-state index is 12.2. The van der Waals surface area contributed by atoms with Gasteiger partial charge in [0.1, 0.15) is 11.5 Å². The summed E-state index contributed by atoms with van der Waals surface area (Å²) in [6.07, 6.45) is 1.68. The summed E-state index contributed by atoms with van der Waals surface area (Å²) in [5.74, 6) is 0.994. The van der Waals surface area contributed by atoms with Crippen molar-refractivity contribution >= 4 is 46.2 Å². The average Bonchev–Trinajstić information content (AvgIpc) is 3.31. The van der Waals surface area contributed by atoms with Crippen molar-refractivity contribution in [1.82, 2.24) is 5.32 Å². The molecule has 0 atom stereocenters. The van der Waals surface area contributed by atoms with Gasteiger partial charge < -0.3 is 9.73 Å². The lowest BCUT2D eigenvalue weighted by atomic mass is 10.1. The number of amides is 1. The molecular weight excluding hydrogens is 394 g/mol. The second-order valence-corrected chi connectivity index (χ2v) is 7.32. The number of nitrogens with one attached hydrogen (secondary N) is 1. The molecule has 1 aliphatic rings. The summed E-state index contributed by atoms with van der Waals surface area (Å²) in [4.78, 5) is 17.1. The van der Waals surface area contributed by atoms with Gasteiger partial charge in [0.15, 0.2) is 5.17 Å². The zero-order valence-corrected chi connectivity index (χ0v) is 15.9. The first-order chi connectivity index (χ1) is 13.6. The number of carbonyl (C=O) groups excluding carboxylic acids is 1. The van der Waals surface area contributed by atoms with E-state index in [4.69, 9.17) is 21.3 Å². The lowest BCUT2D eigenvalue weighted by Gasteiger charge is -1.96. The standard InChI is InChI=1S/C21H12ClN3O2S/c22-15-5-7-16(8-6-15)24-21-25-20(26)19(28-21)11-17-9-10-18(27-17)14-3-1-13(12-23)2-4-14/h1-11H,(H,24,25,26)/b19-11-. The van der Waals surface area contributed by atoms with Crippen molar-refractivity contribution in [3.05, 3.63) is 81.9 Å². The van der Waals surface area contributed by atoms with Gasteiger partial charge in [-0.05, 0) is 72.4 Å². The van der Waals surface area contributed by atoms with Crippen LogP contribution in [0.3, 0.4) is 0 Å². The number of benzene rings is 2. The van der Waals surface area contributed by atoms with Crippen LogP contribution in [0.15, 0.2) is 75.0 Å². The minimum Gasteiger partial charge on any atom is -0.457 e. The Morgan fingerprint density at radius 3 is 2.54 bits per heavy atom. The number of nitrogens with zero attached hydrogens (tertiary/aromatic N) is 2. The van der Waals surface area contributed by atoms with Crippen LogP contribution in [0.4, 0.5) is 5.69 Å². The van der Waals surface area contributed by atoms with Gasteiger partial charge in [-0.25, -0.2) is 4.99 Å². The normalized spacial score (nSPS) is 16.4. The van der Waals surface area contributed by atoms with Crippen LogP contribution in [0.1, 0.15) is 11.3 Å². The summed E-state index contributed by atoms with van der Waals surface area (Å²) in [5.41, 5.74) is 2.15. The van der Waals surface area contributed by atoms with Crippen molar-refractivity contribution in [2.75, 3.05) is 0 Å². The van der Waals surface area contributed by atoms with Gasteiger partial charge >= 0.3 is 0 Å². The van der Waals surface area contributed by atoms with Crippen LogP contribution < -0.4 is 5.32 Å². The van der Waals surface area contributed by atoms with Crippen LogP contribution in [0.5, 0.6) is 0 Å². The predicted molar refractivity (Wildman–Crippen MR) is 111 cm³/mol. The molecule has 0 bridgehead atoms. The first-order valence-electron chi connectivity index (χ1n) is 8.26. The summed E-state index contributed by atoms with van der Waals surface area (Å²) in [6.45, 7) is 0. The van der Waals surface area contributed by atoms with Gasteiger partial charge in [0.25, 0.3) is 5.91 Å². The highest BCUT2D eigenvalue weighted by Gasteiger charge is 2.24. The molecule has 0 aliphatic carbocycles. The molecule has 3 aromatic rings. The second kappa shape index (κ2) is 7.77. The Kier molecular flexibility index (Phi) is 5.02. The Hall–Kier alpha value is -3.27. The van der Waals surface area contributed by atoms with E-state index in [2.05, 4.69) is 16.4 Å². The van der Waals surface area contributed by atoms with E-state index in [0.717, 1.165) is 5.56 Å². The number of furan rings is 1. The molecule has 7 heteroatoms. The number of hydrogen-bond donors (Lipinski definition) is 1. The molecule has 28 heavy (non-hydrogen) atoms. The summed E-state index contributed by atoms with van der Waals surface area (Å²) >= 11 is 7.11. The molecule has 1 saturated heterocycles. The van der Waals surface area contributed by atoms with Gasteiger partial charge in [-0.3, -0.25) is 4.79 Å². The van der Waals surface area contributed by atoms with E-state index in [0.29, 0.717) is 37.9 Å². The van der Waals surface area contributed by atoms with Gasteiger partial charge in [0.05, 0.1) is 22.2 Å². The number of nitriles is 1. The molecule has 2 heterocycles. The van der Waals surface area contributed by atoms with Crippen LogP contribution in [0.25, 0.3) is 17.4 Å². The largest absolute Gasteiger partial charge is 0.457 e. The fraction of sp³-hybridized carbons (Fsp3) is 0. The molecule has 0 unspecified atom stereocenters. The van der Waals surface area contributed by atoms with E-state index >= 15 is 0 Å². The summed E-state index contributed by atoms with van der Waals surface area (Å²) in [7, 11) is 0. The third-order valence-electron chi connectivity index (χ3n) is 3.91. The third kappa shape index (κ3) is 4.01. The lowest BCUT2D eigenvalue weighted by molar-refractivity contribution is -0.115. The van der Waals surface area contributed by atoms with E-state index < -0.39 is 0 Å². The molecule has 0 spiro atoms. The Bertz CT molecular complexity index is 1140. The minimum absolute atomic E-state index is 0.228. The van der Waals surface area contributed by atoms with Crippen LogP contribution in [-0.2, 0) is 4.79 Å². The van der Waals surface area contributed by atoms with Crippen molar-refractivity contribution < 1.29 is 9.21 Å². The fourth-order valence-corrected chi connectivity index (χ4v) is 3.49. The number of aliphatic imine (C=N–C) groups is 1. The van der Waals surface area contributed by atoms with E-state index in [-0.39, 0.29) is 5.91 Å². The third-order valence-corrected chi connectivity index (χ3v) is 5.07. The van der Waals surface area contributed by atoms with Crippen molar-refractivity contribution in [2.24, 2.45) is 4.99 Å². The monoisotopic (exact) mass is 405 g/mol. The highest BCUT2D eigenvalue weighted by atomic mass is 35.5. The van der Waals surface area contributed by atoms with Crippen molar-refractivity contribution in [3.63, 3.8) is 0 Å². The van der Waals surface area contributed by atoms with Crippen LogP contribution >= 0.6 is 23.4 Å². The zero-order chi connectivity index (χ0) is 19.5. The van der Waals surface area contributed by atoms with Crippen LogP contribution in [-0.4, -0.2) is 11.1 Å². The molecule has 1 N–H and O–H groups in total. The molecule has 0 radical (unpaired) electrons. The Balaban J connectivity index is 1.53. The number of halogens is 1. The summed E-state index contributed by atoms with van der Waals surface area (Å²) < 4.78 is 5.81. The molecule has 5 nitrogen and oxygen atoms in total. The highest BCUT2D eigenvalue weighted by Crippen LogP contribution is 2.30. The number of carbonyl (C=O) groups is 1. The molecule has 1 aromatic heterocycles. The van der Waals surface area contributed by atoms with Crippen molar-refractivity contribution in [3.8, 4) is 17.4 Å². The lowest BCUT2D eigenvalue weighted by Crippen LogP contribution is -2.19. The van der Waals surface area contributed by atoms with Crippen molar-refractivity contribution in [2.45, 2.75) is 0 Å². The number of amidine groups is 1. The Morgan fingerprint density at radius 2 is 1.82 bits per heavy atom. The number of rotatable bonds is 3. The molecule has 1 fully saturated rings. The minimum atomic E-state index is -0.228. The summed E-state index contributed by atoms with van der Waals surface area (Å²) in [6, 6.07) is 19.9. The molecule has 2 aromatic carbocycles. The maximum atomic E-state index is 12.2. The molecule has 1 amide bonds. The molecular formula is C21H12ClN3O2S. The second-order valence-electron chi connectivity index (χ2n) is 5.85. The van der Waals surface area contributed by atoms with Crippen LogP contribution in [0, 0.1) is 11.3 Å². The predicted octanol–water partition coefficient (Wildman–Crippen LogP) is 5.36. The molecule has 4 rings (SSSR count). The Labute approximate surface area is 170 Å². The molecule has 136 valence electrons. The Morgan fingerprint density at radius 1 is 1.07 bits per heavy atom. The molecule has 1 aliphatic heterocycles. The number of thioether (sulfide) groups is 1. The first kappa shape index (κ1) is 18.1. The van der Waals surface area contributed by atoms with E-state index in [1.807, 2.05) is 18.2 Å². The fourth-order valence-electron chi connectivity index (χ4n) is 2.54. The van der Waals surface area contributed by atoms with Crippen LogP contribution in [0.2, 0.25) is 5.02 Å². The maximum Gasteiger partial charge on any atom is 0.264 e. The topological polar surface area (TPSA) is 78.4 Å². The highest BCUT2D eigenvalue weighted by molar-refractivity contribution is 8.18. The van der Waals surface area contributed by atoms with Gasteiger partial charge in [-0.1, -0.05) is 11.6 Å². The van der Waals surface area contributed by atoms with Gasteiger partial charge in [0, 0.05) is 16.7 Å². The van der Waals surface area contributed by atoms with Gasteiger partial charge in [0.2, 0.25) is 0 Å². The number of hydrogen-bond acceptors (Lipinski definition) is 5. The smallest absolute Gasteiger partial charge is 0.264 e. The van der Waals surface area contributed by atoms with E-state index in [9.17, 15) is 4.79 Å². The van der Waals surface area contributed by atoms with Gasteiger partial charge in [-0.2, -0.15) is 5.26 Å². The summed E-state index contributed by atoms with van der Waals surface area (Å²) in [5, 5.41) is 12.7. The van der Waals surface area contributed by atoms with E-state index in [1.165, 1.54) is 11.8 Å². The average molecular weight is 406 g/mol. The molecule has 0 saturated carbocycles. The first-order valence-corrected chi connectivity index (χ1v) is 9.46.